The molecule has 0 radical (unpaired) electrons. The van der Waals surface area contributed by atoms with E-state index >= 15 is 0 Å². The lowest BCUT2D eigenvalue weighted by Gasteiger charge is -2.38. The minimum absolute atomic E-state index is 0.0828. The van der Waals surface area contributed by atoms with Crippen molar-refractivity contribution in [1.29, 1.82) is 0 Å². The van der Waals surface area contributed by atoms with Crippen LogP contribution in [-0.4, -0.2) is 60.9 Å². The normalized spacial score (nSPS) is 30.2. The molecule has 0 aliphatic carbocycles. The first kappa shape index (κ1) is 14.8. The van der Waals surface area contributed by atoms with E-state index in [-0.39, 0.29) is 24.6 Å². The van der Waals surface area contributed by atoms with E-state index in [9.17, 15) is 9.90 Å². The van der Waals surface area contributed by atoms with Crippen LogP contribution in [-0.2, 0) is 9.53 Å². The van der Waals surface area contributed by atoms with Gasteiger partial charge in [-0.3, -0.25) is 9.69 Å². The molecule has 19 heavy (non-hydrogen) atoms. The number of rotatable bonds is 4. The predicted octanol–water partition coefficient (Wildman–Crippen LogP) is 0.374. The van der Waals surface area contributed by atoms with Crippen LogP contribution in [0, 0.1) is 5.92 Å². The zero-order valence-corrected chi connectivity index (χ0v) is 11.8. The summed E-state index contributed by atoms with van der Waals surface area (Å²) in [6.45, 7) is 5.11. The van der Waals surface area contributed by atoms with Crippen molar-refractivity contribution in [2.24, 2.45) is 5.92 Å². The Hall–Kier alpha value is -0.650. The molecule has 0 aromatic rings. The summed E-state index contributed by atoms with van der Waals surface area (Å²) in [5, 5.41) is 12.6. The number of aliphatic hydroxyl groups excluding tert-OH is 1. The SMILES string of the molecule is CC1CCCN(CC(=O)NC2CCOCC2)C1CO. The van der Waals surface area contributed by atoms with Gasteiger partial charge in [-0.05, 0) is 38.1 Å². The Kier molecular flexibility index (Phi) is 5.60. The molecule has 0 bridgehead atoms. The van der Waals surface area contributed by atoms with Gasteiger partial charge in [-0.25, -0.2) is 0 Å². The number of nitrogens with zero attached hydrogens (tertiary/aromatic N) is 1. The molecule has 0 aromatic heterocycles. The summed E-state index contributed by atoms with van der Waals surface area (Å²) in [5.74, 6) is 0.550. The van der Waals surface area contributed by atoms with Crippen LogP contribution in [0.4, 0.5) is 0 Å². The van der Waals surface area contributed by atoms with Crippen molar-refractivity contribution >= 4 is 5.91 Å². The third kappa shape index (κ3) is 4.16. The van der Waals surface area contributed by atoms with E-state index in [1.54, 1.807) is 0 Å². The van der Waals surface area contributed by atoms with Gasteiger partial charge in [0.25, 0.3) is 0 Å². The number of piperidine rings is 1. The Morgan fingerprint density at radius 3 is 2.79 bits per heavy atom. The maximum atomic E-state index is 12.1. The molecule has 0 saturated carbocycles. The number of ether oxygens (including phenoxy) is 1. The molecule has 1 amide bonds. The number of likely N-dealkylation sites (tertiary alicyclic amines) is 1. The number of aliphatic hydroxyl groups is 1. The highest BCUT2D eigenvalue weighted by atomic mass is 16.5. The third-order valence-corrected chi connectivity index (χ3v) is 4.35. The fraction of sp³-hybridized carbons (Fsp3) is 0.929. The molecule has 2 rings (SSSR count). The van der Waals surface area contributed by atoms with Crippen molar-refractivity contribution in [2.45, 2.75) is 44.7 Å². The molecule has 2 atom stereocenters. The van der Waals surface area contributed by atoms with E-state index in [4.69, 9.17) is 4.74 Å². The highest BCUT2D eigenvalue weighted by Crippen LogP contribution is 2.22. The zero-order chi connectivity index (χ0) is 13.7. The van der Waals surface area contributed by atoms with Gasteiger partial charge in [0, 0.05) is 25.3 Å². The molecule has 2 saturated heterocycles. The second kappa shape index (κ2) is 7.22. The van der Waals surface area contributed by atoms with Crippen molar-refractivity contribution in [3.05, 3.63) is 0 Å². The number of carbonyl (C=O) groups excluding carboxylic acids is 1. The maximum Gasteiger partial charge on any atom is 0.234 e. The molecule has 110 valence electrons. The van der Waals surface area contributed by atoms with Crippen molar-refractivity contribution in [2.75, 3.05) is 32.9 Å². The molecular weight excluding hydrogens is 244 g/mol. The lowest BCUT2D eigenvalue weighted by atomic mass is 9.91. The summed E-state index contributed by atoms with van der Waals surface area (Å²) in [6.07, 6.45) is 4.07. The molecule has 0 spiro atoms. The van der Waals surface area contributed by atoms with Crippen LogP contribution in [0.5, 0.6) is 0 Å². The minimum atomic E-state index is 0.0828. The Labute approximate surface area is 115 Å². The second-order valence-electron chi connectivity index (χ2n) is 5.79. The van der Waals surface area contributed by atoms with Crippen molar-refractivity contribution in [1.82, 2.24) is 10.2 Å². The number of nitrogens with one attached hydrogen (secondary N) is 1. The van der Waals surface area contributed by atoms with E-state index < -0.39 is 0 Å². The Morgan fingerprint density at radius 2 is 2.11 bits per heavy atom. The maximum absolute atomic E-state index is 12.1. The average Bonchev–Trinajstić information content (AvgIpc) is 2.40. The molecule has 2 fully saturated rings. The highest BCUT2D eigenvalue weighted by molar-refractivity contribution is 5.78. The summed E-state index contributed by atoms with van der Waals surface area (Å²) < 4.78 is 5.28. The first-order valence-corrected chi connectivity index (χ1v) is 7.42. The van der Waals surface area contributed by atoms with Gasteiger partial charge in [-0.2, -0.15) is 0 Å². The second-order valence-corrected chi connectivity index (χ2v) is 5.79. The van der Waals surface area contributed by atoms with E-state index in [0.717, 1.165) is 45.4 Å². The Bertz CT molecular complexity index is 292. The minimum Gasteiger partial charge on any atom is -0.395 e. The molecule has 5 nitrogen and oxygen atoms in total. The van der Waals surface area contributed by atoms with E-state index in [1.807, 2.05) is 0 Å². The monoisotopic (exact) mass is 270 g/mol. The van der Waals surface area contributed by atoms with Crippen LogP contribution >= 0.6 is 0 Å². The van der Waals surface area contributed by atoms with Gasteiger partial charge in [0.2, 0.25) is 5.91 Å². The van der Waals surface area contributed by atoms with Crippen molar-refractivity contribution < 1.29 is 14.6 Å². The number of hydrogen-bond acceptors (Lipinski definition) is 4. The molecule has 2 aliphatic heterocycles. The Morgan fingerprint density at radius 1 is 1.37 bits per heavy atom. The van der Waals surface area contributed by atoms with Crippen LogP contribution in [0.3, 0.4) is 0 Å². The van der Waals surface area contributed by atoms with E-state index in [2.05, 4.69) is 17.1 Å². The van der Waals surface area contributed by atoms with Crippen LogP contribution in [0.15, 0.2) is 0 Å². The largest absolute Gasteiger partial charge is 0.395 e. The summed E-state index contributed by atoms with van der Waals surface area (Å²) in [4.78, 5) is 14.2. The van der Waals surface area contributed by atoms with Gasteiger partial charge in [0.1, 0.15) is 0 Å². The van der Waals surface area contributed by atoms with Gasteiger partial charge >= 0.3 is 0 Å². The zero-order valence-electron chi connectivity index (χ0n) is 11.8. The van der Waals surface area contributed by atoms with Crippen LogP contribution in [0.25, 0.3) is 0 Å². The van der Waals surface area contributed by atoms with Gasteiger partial charge in [-0.1, -0.05) is 6.92 Å². The fourth-order valence-electron chi connectivity index (χ4n) is 3.13. The smallest absolute Gasteiger partial charge is 0.234 e. The number of carbonyl (C=O) groups is 1. The first-order valence-electron chi connectivity index (χ1n) is 7.42. The molecule has 2 heterocycles. The molecule has 0 aromatic carbocycles. The quantitative estimate of drug-likeness (QED) is 0.775. The van der Waals surface area contributed by atoms with Crippen LogP contribution in [0.2, 0.25) is 0 Å². The van der Waals surface area contributed by atoms with Gasteiger partial charge < -0.3 is 15.2 Å². The van der Waals surface area contributed by atoms with Gasteiger partial charge in [-0.15, -0.1) is 0 Å². The summed E-state index contributed by atoms with van der Waals surface area (Å²) in [5.41, 5.74) is 0. The highest BCUT2D eigenvalue weighted by Gasteiger charge is 2.29. The van der Waals surface area contributed by atoms with Gasteiger partial charge in [0.05, 0.1) is 13.2 Å². The van der Waals surface area contributed by atoms with Crippen molar-refractivity contribution in [3.63, 3.8) is 0 Å². The molecule has 2 N–H and O–H groups in total. The predicted molar refractivity (Wildman–Crippen MR) is 72.8 cm³/mol. The molecule has 2 aliphatic rings. The summed E-state index contributed by atoms with van der Waals surface area (Å²) in [6, 6.07) is 0.394. The lowest BCUT2D eigenvalue weighted by Crippen LogP contribution is -2.52. The fourth-order valence-corrected chi connectivity index (χ4v) is 3.13. The molecule has 5 heteroatoms. The molecule has 2 unspecified atom stereocenters. The first-order chi connectivity index (χ1) is 9.20. The summed E-state index contributed by atoms with van der Waals surface area (Å²) >= 11 is 0. The topological polar surface area (TPSA) is 61.8 Å². The number of amides is 1. The standard InChI is InChI=1S/C14H26N2O3/c1-11-3-2-6-16(13(11)10-17)9-14(18)15-12-4-7-19-8-5-12/h11-13,17H,2-10H2,1H3,(H,15,18). The average molecular weight is 270 g/mol. The van der Waals surface area contributed by atoms with Crippen molar-refractivity contribution in [3.8, 4) is 0 Å². The Balaban J connectivity index is 1.79. The molecular formula is C14H26N2O3. The number of hydrogen-bond donors (Lipinski definition) is 2. The van der Waals surface area contributed by atoms with Crippen LogP contribution < -0.4 is 5.32 Å². The van der Waals surface area contributed by atoms with Crippen LogP contribution in [0.1, 0.15) is 32.6 Å². The van der Waals surface area contributed by atoms with Gasteiger partial charge in [0.15, 0.2) is 0 Å². The lowest BCUT2D eigenvalue weighted by molar-refractivity contribution is -0.125. The third-order valence-electron chi connectivity index (χ3n) is 4.35. The van der Waals surface area contributed by atoms with E-state index in [1.165, 1.54) is 0 Å². The van der Waals surface area contributed by atoms with E-state index in [0.29, 0.717) is 12.5 Å². The summed E-state index contributed by atoms with van der Waals surface area (Å²) in [7, 11) is 0.